The summed E-state index contributed by atoms with van der Waals surface area (Å²) in [5, 5.41) is 14.7. The maximum Gasteiger partial charge on any atom is 0.319 e. The summed E-state index contributed by atoms with van der Waals surface area (Å²) in [4.78, 5) is 25.3. The van der Waals surface area contributed by atoms with Crippen molar-refractivity contribution < 1.29 is 23.6 Å². The molecule has 0 aliphatic rings. The van der Waals surface area contributed by atoms with Crippen molar-refractivity contribution in [3.63, 3.8) is 0 Å². The van der Waals surface area contributed by atoms with Gasteiger partial charge in [0.15, 0.2) is 11.8 Å². The van der Waals surface area contributed by atoms with Crippen LogP contribution in [0.25, 0.3) is 10.4 Å². The van der Waals surface area contributed by atoms with Crippen molar-refractivity contribution in [2.24, 2.45) is 5.11 Å². The number of carbonyl (C=O) groups is 1. The van der Waals surface area contributed by atoms with Gasteiger partial charge in [0.2, 0.25) is 0 Å². The lowest BCUT2D eigenvalue weighted by Gasteiger charge is -2.23. The molecule has 2 atom stereocenters. The van der Waals surface area contributed by atoms with Gasteiger partial charge in [-0.3, -0.25) is 14.9 Å². The first-order valence-electron chi connectivity index (χ1n) is 7.84. The molecule has 0 radical (unpaired) electrons. The van der Waals surface area contributed by atoms with Gasteiger partial charge in [-0.05, 0) is 30.2 Å². The molecular weight excluding hydrogens is 359 g/mol. The van der Waals surface area contributed by atoms with Crippen molar-refractivity contribution in [3.05, 3.63) is 80.5 Å². The number of esters is 1. The normalized spacial score (nSPS) is 12.4. The first-order chi connectivity index (χ1) is 13.0. The summed E-state index contributed by atoms with van der Waals surface area (Å²) in [7, 11) is 0. The van der Waals surface area contributed by atoms with Crippen molar-refractivity contribution in [1.82, 2.24) is 0 Å². The number of ether oxygens (including phenoxy) is 2. The van der Waals surface area contributed by atoms with Crippen LogP contribution in [0, 0.1) is 15.9 Å². The molecule has 0 saturated heterocycles. The van der Waals surface area contributed by atoms with Gasteiger partial charge in [0, 0.05) is 4.91 Å². The fourth-order valence-corrected chi connectivity index (χ4v) is 2.34. The molecule has 0 aliphatic carbocycles. The van der Waals surface area contributed by atoms with Crippen LogP contribution in [0.4, 0.5) is 10.1 Å². The van der Waals surface area contributed by atoms with Crippen LogP contribution in [0.3, 0.4) is 0 Å². The largest absolute Gasteiger partial charge is 0.478 e. The summed E-state index contributed by atoms with van der Waals surface area (Å²) < 4.78 is 23.9. The molecule has 0 bridgehead atoms. The molecule has 10 heteroatoms. The Kier molecular flexibility index (Phi) is 6.67. The monoisotopic (exact) mass is 374 g/mol. The highest BCUT2D eigenvalue weighted by Crippen LogP contribution is 2.34. The van der Waals surface area contributed by atoms with E-state index >= 15 is 0 Å². The number of nitro benzene ring substituents is 1. The number of carbonyl (C=O) groups excluding carboxylic acids is 1. The molecule has 0 saturated carbocycles. The Morgan fingerprint density at radius 2 is 2.04 bits per heavy atom. The third-order valence-corrected chi connectivity index (χ3v) is 3.49. The minimum Gasteiger partial charge on any atom is -0.478 e. The zero-order chi connectivity index (χ0) is 19.8. The molecule has 2 rings (SSSR count). The van der Waals surface area contributed by atoms with Crippen LogP contribution in [-0.2, 0) is 9.53 Å². The van der Waals surface area contributed by atoms with Crippen molar-refractivity contribution in [2.45, 2.75) is 19.1 Å². The Labute approximate surface area is 153 Å². The smallest absolute Gasteiger partial charge is 0.319 e. The van der Waals surface area contributed by atoms with E-state index in [0.717, 1.165) is 12.1 Å². The van der Waals surface area contributed by atoms with Crippen LogP contribution >= 0.6 is 0 Å². The quantitative estimate of drug-likeness (QED) is 0.172. The lowest BCUT2D eigenvalue weighted by atomic mass is 10.0. The van der Waals surface area contributed by atoms with Gasteiger partial charge in [0.25, 0.3) is 0 Å². The molecule has 0 amide bonds. The van der Waals surface area contributed by atoms with Crippen LogP contribution in [0.15, 0.2) is 53.6 Å². The molecule has 0 aliphatic heterocycles. The summed E-state index contributed by atoms with van der Waals surface area (Å²) >= 11 is 0. The number of nitrogens with zero attached hydrogens (tertiary/aromatic N) is 4. The van der Waals surface area contributed by atoms with Crippen LogP contribution in [0.2, 0.25) is 0 Å². The standard InChI is InChI=1S/C17H15FN4O5/c1-2-26-17(23)15(20-21-19)16(11-6-4-3-5-7-11)27-14-9-8-12(18)10-13(14)22(24)25/h3-10,15-16H,2H2,1H3. The Hall–Kier alpha value is -3.65. The van der Waals surface area contributed by atoms with Gasteiger partial charge in [0.05, 0.1) is 17.6 Å². The van der Waals surface area contributed by atoms with Crippen molar-refractivity contribution >= 4 is 11.7 Å². The highest BCUT2D eigenvalue weighted by molar-refractivity contribution is 5.77. The third-order valence-electron chi connectivity index (χ3n) is 3.49. The summed E-state index contributed by atoms with van der Waals surface area (Å²) in [6.07, 6.45) is -1.22. The van der Waals surface area contributed by atoms with Gasteiger partial charge < -0.3 is 9.47 Å². The predicted molar refractivity (Wildman–Crippen MR) is 92.4 cm³/mol. The second-order valence-electron chi connectivity index (χ2n) is 5.22. The molecule has 0 heterocycles. The number of azide groups is 1. The van der Waals surface area contributed by atoms with E-state index in [0.29, 0.717) is 11.6 Å². The summed E-state index contributed by atoms with van der Waals surface area (Å²) in [6.45, 7) is 1.61. The fourth-order valence-electron chi connectivity index (χ4n) is 2.34. The fraction of sp³-hybridized carbons (Fsp3) is 0.235. The molecule has 2 unspecified atom stereocenters. The Morgan fingerprint density at radius 1 is 1.33 bits per heavy atom. The summed E-state index contributed by atoms with van der Waals surface area (Å²) in [6, 6.07) is 9.53. The molecule has 0 spiro atoms. The first-order valence-corrected chi connectivity index (χ1v) is 7.84. The summed E-state index contributed by atoms with van der Waals surface area (Å²) in [5.74, 6) is -1.95. The van der Waals surface area contributed by atoms with Crippen LogP contribution < -0.4 is 4.74 Å². The number of hydrogen-bond acceptors (Lipinski definition) is 6. The van der Waals surface area contributed by atoms with Crippen molar-refractivity contribution in [3.8, 4) is 5.75 Å². The Balaban J connectivity index is 2.53. The number of halogens is 1. The van der Waals surface area contributed by atoms with E-state index < -0.39 is 34.5 Å². The van der Waals surface area contributed by atoms with Crippen LogP contribution in [0.5, 0.6) is 5.75 Å². The molecule has 2 aromatic rings. The van der Waals surface area contributed by atoms with E-state index in [1.165, 1.54) is 0 Å². The topological polar surface area (TPSA) is 127 Å². The minimum absolute atomic E-state index is 0.0362. The highest BCUT2D eigenvalue weighted by Gasteiger charge is 2.33. The third kappa shape index (κ3) is 4.93. The maximum absolute atomic E-state index is 13.4. The second-order valence-corrected chi connectivity index (χ2v) is 5.22. The molecule has 0 N–H and O–H groups in total. The van der Waals surface area contributed by atoms with Crippen molar-refractivity contribution in [2.75, 3.05) is 6.61 Å². The number of hydrogen-bond donors (Lipinski definition) is 0. The SMILES string of the molecule is CCOC(=O)C(N=[N+]=[N-])C(Oc1ccc(F)cc1[N+](=O)[O-])c1ccccc1. The number of benzene rings is 2. The average Bonchev–Trinajstić information content (AvgIpc) is 2.66. The van der Waals surface area contributed by atoms with Gasteiger partial charge >= 0.3 is 11.7 Å². The van der Waals surface area contributed by atoms with E-state index in [-0.39, 0.29) is 12.4 Å². The van der Waals surface area contributed by atoms with Gasteiger partial charge in [-0.2, -0.15) is 0 Å². The second kappa shape index (κ2) is 9.16. The molecule has 27 heavy (non-hydrogen) atoms. The van der Waals surface area contributed by atoms with E-state index in [9.17, 15) is 19.3 Å². The Bertz CT molecular complexity index is 871. The molecule has 2 aromatic carbocycles. The first kappa shape index (κ1) is 19.7. The van der Waals surface area contributed by atoms with E-state index in [1.54, 1.807) is 37.3 Å². The Morgan fingerprint density at radius 3 is 2.63 bits per heavy atom. The van der Waals surface area contributed by atoms with Gasteiger partial charge in [-0.15, -0.1) is 0 Å². The van der Waals surface area contributed by atoms with E-state index in [4.69, 9.17) is 15.0 Å². The highest BCUT2D eigenvalue weighted by atomic mass is 19.1. The number of nitro groups is 1. The zero-order valence-electron chi connectivity index (χ0n) is 14.2. The predicted octanol–water partition coefficient (Wildman–Crippen LogP) is 4.10. The summed E-state index contributed by atoms with van der Waals surface area (Å²) in [5.41, 5.74) is 8.62. The zero-order valence-corrected chi connectivity index (χ0v) is 14.2. The van der Waals surface area contributed by atoms with Crippen LogP contribution in [-0.4, -0.2) is 23.5 Å². The van der Waals surface area contributed by atoms with Crippen molar-refractivity contribution in [1.29, 1.82) is 0 Å². The van der Waals surface area contributed by atoms with E-state index in [2.05, 4.69) is 10.0 Å². The molecule has 140 valence electrons. The van der Waals surface area contributed by atoms with Gasteiger partial charge in [-0.25, -0.2) is 4.39 Å². The number of rotatable bonds is 8. The minimum atomic E-state index is -1.44. The maximum atomic E-state index is 13.4. The van der Waals surface area contributed by atoms with E-state index in [1.807, 2.05) is 0 Å². The molecule has 0 fully saturated rings. The molecular formula is C17H15FN4O5. The lowest BCUT2D eigenvalue weighted by molar-refractivity contribution is -0.386. The van der Waals surface area contributed by atoms with Crippen LogP contribution in [0.1, 0.15) is 18.6 Å². The van der Waals surface area contributed by atoms with Gasteiger partial charge in [0.1, 0.15) is 11.9 Å². The lowest BCUT2D eigenvalue weighted by Crippen LogP contribution is -2.31. The molecule has 9 nitrogen and oxygen atoms in total. The molecule has 0 aromatic heterocycles. The average molecular weight is 374 g/mol. The van der Waals surface area contributed by atoms with Gasteiger partial charge in [-0.1, -0.05) is 35.4 Å².